The molecule has 1 N–H and O–H groups in total. The summed E-state index contributed by atoms with van der Waals surface area (Å²) in [6, 6.07) is 5.43. The number of carbonyl (C=O) groups is 2. The highest BCUT2D eigenvalue weighted by Crippen LogP contribution is 2.23. The van der Waals surface area contributed by atoms with Crippen molar-refractivity contribution in [2.45, 2.75) is 13.3 Å². The first-order valence-corrected chi connectivity index (χ1v) is 9.05. The van der Waals surface area contributed by atoms with Gasteiger partial charge in [0.25, 0.3) is 0 Å². The normalized spacial score (nSPS) is 21.6. The number of likely N-dealkylation sites (tertiary alicyclic amines) is 1. The zero-order valence-electron chi connectivity index (χ0n) is 14.5. The first kappa shape index (κ1) is 18.2. The van der Waals surface area contributed by atoms with E-state index in [0.717, 1.165) is 38.4 Å². The Kier molecular flexibility index (Phi) is 5.93. The molecule has 0 aliphatic carbocycles. The average Bonchev–Trinajstić information content (AvgIpc) is 2.98. The molecule has 25 heavy (non-hydrogen) atoms. The molecule has 0 aromatic heterocycles. The van der Waals surface area contributed by atoms with Gasteiger partial charge in [0.15, 0.2) is 0 Å². The number of hydrogen-bond donors (Lipinski definition) is 1. The average molecular weight is 366 g/mol. The van der Waals surface area contributed by atoms with Gasteiger partial charge in [-0.05, 0) is 24.6 Å². The predicted octanol–water partition coefficient (Wildman–Crippen LogP) is 1.77. The molecule has 136 valence electrons. The summed E-state index contributed by atoms with van der Waals surface area (Å²) in [4.78, 5) is 28.7. The SMILES string of the molecule is Cc1ccc(NC(=O)C2CC(=O)N(CCN3CCOCC3)C2)cc1Cl. The van der Waals surface area contributed by atoms with Gasteiger partial charge in [-0.3, -0.25) is 14.5 Å². The van der Waals surface area contributed by atoms with Gasteiger partial charge in [-0.1, -0.05) is 17.7 Å². The van der Waals surface area contributed by atoms with Crippen LogP contribution in [0.4, 0.5) is 5.69 Å². The number of benzene rings is 1. The molecule has 1 aromatic carbocycles. The van der Waals surface area contributed by atoms with Crippen LogP contribution >= 0.6 is 11.6 Å². The molecule has 1 unspecified atom stereocenters. The number of ether oxygens (including phenoxy) is 1. The zero-order chi connectivity index (χ0) is 17.8. The monoisotopic (exact) mass is 365 g/mol. The molecule has 0 radical (unpaired) electrons. The first-order chi connectivity index (χ1) is 12.0. The number of nitrogens with zero attached hydrogens (tertiary/aromatic N) is 2. The van der Waals surface area contributed by atoms with Crippen LogP contribution in [0.1, 0.15) is 12.0 Å². The number of rotatable bonds is 5. The summed E-state index contributed by atoms with van der Waals surface area (Å²) in [6.45, 7) is 7.19. The van der Waals surface area contributed by atoms with Crippen molar-refractivity contribution < 1.29 is 14.3 Å². The number of hydrogen-bond acceptors (Lipinski definition) is 4. The van der Waals surface area contributed by atoms with Crippen molar-refractivity contribution in [2.75, 3.05) is 51.3 Å². The van der Waals surface area contributed by atoms with Crippen LogP contribution in [0.25, 0.3) is 0 Å². The van der Waals surface area contributed by atoms with Crippen LogP contribution in [-0.2, 0) is 14.3 Å². The summed E-state index contributed by atoms with van der Waals surface area (Å²) < 4.78 is 5.33. The highest BCUT2D eigenvalue weighted by Gasteiger charge is 2.34. The van der Waals surface area contributed by atoms with Gasteiger partial charge >= 0.3 is 0 Å². The van der Waals surface area contributed by atoms with E-state index in [9.17, 15) is 9.59 Å². The number of anilines is 1. The van der Waals surface area contributed by atoms with Crippen molar-refractivity contribution >= 4 is 29.1 Å². The van der Waals surface area contributed by atoms with E-state index in [-0.39, 0.29) is 24.2 Å². The molecular weight excluding hydrogens is 342 g/mol. The summed E-state index contributed by atoms with van der Waals surface area (Å²) in [7, 11) is 0. The van der Waals surface area contributed by atoms with Gasteiger partial charge in [-0.25, -0.2) is 0 Å². The van der Waals surface area contributed by atoms with E-state index in [4.69, 9.17) is 16.3 Å². The lowest BCUT2D eigenvalue weighted by molar-refractivity contribution is -0.128. The third-order valence-electron chi connectivity index (χ3n) is 4.81. The molecule has 2 aliphatic rings. The fourth-order valence-corrected chi connectivity index (χ4v) is 3.35. The van der Waals surface area contributed by atoms with Gasteiger partial charge < -0.3 is 15.0 Å². The number of carbonyl (C=O) groups excluding carboxylic acids is 2. The van der Waals surface area contributed by atoms with Crippen LogP contribution in [-0.4, -0.2) is 67.6 Å². The van der Waals surface area contributed by atoms with Crippen molar-refractivity contribution in [2.24, 2.45) is 5.92 Å². The number of nitrogens with one attached hydrogen (secondary N) is 1. The Morgan fingerprint density at radius 2 is 2.08 bits per heavy atom. The van der Waals surface area contributed by atoms with E-state index in [0.29, 0.717) is 23.8 Å². The summed E-state index contributed by atoms with van der Waals surface area (Å²) >= 11 is 6.09. The fraction of sp³-hybridized carbons (Fsp3) is 0.556. The molecule has 3 rings (SSSR count). The minimum atomic E-state index is -0.308. The molecule has 0 spiro atoms. The Labute approximate surface area is 153 Å². The second-order valence-corrected chi connectivity index (χ2v) is 7.06. The maximum absolute atomic E-state index is 12.4. The summed E-state index contributed by atoms with van der Waals surface area (Å²) in [6.07, 6.45) is 0.272. The van der Waals surface area contributed by atoms with Crippen LogP contribution in [0, 0.1) is 12.8 Å². The van der Waals surface area contributed by atoms with Crippen molar-refractivity contribution in [1.82, 2.24) is 9.80 Å². The third-order valence-corrected chi connectivity index (χ3v) is 5.22. The Morgan fingerprint density at radius 3 is 2.80 bits per heavy atom. The van der Waals surface area contributed by atoms with Gasteiger partial charge in [0, 0.05) is 49.9 Å². The van der Waals surface area contributed by atoms with E-state index in [1.807, 2.05) is 19.1 Å². The van der Waals surface area contributed by atoms with Gasteiger partial charge in [0.05, 0.1) is 19.1 Å². The third kappa shape index (κ3) is 4.71. The Balaban J connectivity index is 1.50. The maximum atomic E-state index is 12.4. The molecule has 7 heteroatoms. The molecule has 2 amide bonds. The molecule has 2 saturated heterocycles. The Bertz CT molecular complexity index is 646. The minimum absolute atomic E-state index is 0.0512. The zero-order valence-corrected chi connectivity index (χ0v) is 15.2. The summed E-state index contributed by atoms with van der Waals surface area (Å²) in [5.41, 5.74) is 1.63. The molecule has 1 aromatic rings. The van der Waals surface area contributed by atoms with Gasteiger partial charge in [0.2, 0.25) is 11.8 Å². The fourth-order valence-electron chi connectivity index (χ4n) is 3.17. The van der Waals surface area contributed by atoms with Crippen molar-refractivity contribution in [3.63, 3.8) is 0 Å². The highest BCUT2D eigenvalue weighted by atomic mass is 35.5. The number of halogens is 1. The molecule has 6 nitrogen and oxygen atoms in total. The molecule has 0 bridgehead atoms. The van der Waals surface area contributed by atoms with Crippen LogP contribution in [0.5, 0.6) is 0 Å². The van der Waals surface area contributed by atoms with Gasteiger partial charge in [-0.15, -0.1) is 0 Å². The van der Waals surface area contributed by atoms with E-state index in [2.05, 4.69) is 10.2 Å². The number of aryl methyl sites for hydroxylation is 1. The van der Waals surface area contributed by atoms with Gasteiger partial charge in [0.1, 0.15) is 0 Å². The lowest BCUT2D eigenvalue weighted by atomic mass is 10.1. The summed E-state index contributed by atoms with van der Waals surface area (Å²) in [5, 5.41) is 3.49. The topological polar surface area (TPSA) is 61.9 Å². The van der Waals surface area contributed by atoms with Crippen LogP contribution in [0.15, 0.2) is 18.2 Å². The molecule has 2 fully saturated rings. The van der Waals surface area contributed by atoms with E-state index in [1.54, 1.807) is 11.0 Å². The Hall–Kier alpha value is -1.63. The smallest absolute Gasteiger partial charge is 0.229 e. The molecule has 2 aliphatic heterocycles. The second kappa shape index (κ2) is 8.17. The van der Waals surface area contributed by atoms with Gasteiger partial charge in [-0.2, -0.15) is 0 Å². The number of morpholine rings is 1. The van der Waals surface area contributed by atoms with E-state index >= 15 is 0 Å². The van der Waals surface area contributed by atoms with Crippen LogP contribution < -0.4 is 5.32 Å². The lowest BCUT2D eigenvalue weighted by Gasteiger charge is -2.28. The maximum Gasteiger partial charge on any atom is 0.229 e. The Morgan fingerprint density at radius 1 is 1.32 bits per heavy atom. The second-order valence-electron chi connectivity index (χ2n) is 6.65. The highest BCUT2D eigenvalue weighted by molar-refractivity contribution is 6.31. The van der Waals surface area contributed by atoms with Crippen molar-refractivity contribution in [3.8, 4) is 0 Å². The largest absolute Gasteiger partial charge is 0.379 e. The minimum Gasteiger partial charge on any atom is -0.379 e. The molecule has 0 saturated carbocycles. The van der Waals surface area contributed by atoms with E-state index < -0.39 is 0 Å². The van der Waals surface area contributed by atoms with Crippen molar-refractivity contribution in [3.05, 3.63) is 28.8 Å². The standard InChI is InChI=1S/C18H24ClN3O3/c1-13-2-3-15(11-16(13)19)20-18(24)14-10-17(23)22(12-14)5-4-21-6-8-25-9-7-21/h2-3,11,14H,4-10,12H2,1H3,(H,20,24). The first-order valence-electron chi connectivity index (χ1n) is 8.68. The van der Waals surface area contributed by atoms with E-state index in [1.165, 1.54) is 0 Å². The quantitative estimate of drug-likeness (QED) is 0.863. The molecule has 2 heterocycles. The predicted molar refractivity (Wildman–Crippen MR) is 96.8 cm³/mol. The molecule has 1 atom stereocenters. The number of amides is 2. The van der Waals surface area contributed by atoms with Crippen molar-refractivity contribution in [1.29, 1.82) is 0 Å². The summed E-state index contributed by atoms with van der Waals surface area (Å²) in [5.74, 6) is -0.380. The molecular formula is C18H24ClN3O3. The van der Waals surface area contributed by atoms with Crippen LogP contribution in [0.3, 0.4) is 0 Å². The lowest BCUT2D eigenvalue weighted by Crippen LogP contribution is -2.42. The van der Waals surface area contributed by atoms with Crippen LogP contribution in [0.2, 0.25) is 5.02 Å².